The van der Waals surface area contributed by atoms with Gasteiger partial charge in [0, 0.05) is 36.2 Å². The lowest BCUT2D eigenvalue weighted by Gasteiger charge is -2.39. The molecule has 1 fully saturated rings. The molecule has 0 spiro atoms. The van der Waals surface area contributed by atoms with Crippen LogP contribution < -0.4 is 5.32 Å². The maximum absolute atomic E-state index is 3.85. The minimum absolute atomic E-state index is 0.251. The van der Waals surface area contributed by atoms with Crippen molar-refractivity contribution in [1.82, 2.24) is 10.2 Å². The van der Waals surface area contributed by atoms with E-state index in [1.807, 2.05) is 0 Å². The first-order valence-corrected chi connectivity index (χ1v) is 5.09. The minimum Gasteiger partial charge on any atom is -0.309 e. The zero-order valence-electron chi connectivity index (χ0n) is 7.86. The molecule has 0 saturated carbocycles. The molecule has 12 heavy (non-hydrogen) atoms. The van der Waals surface area contributed by atoms with E-state index in [0.29, 0.717) is 0 Å². The zero-order valence-corrected chi connectivity index (χ0v) is 9.45. The van der Waals surface area contributed by atoms with Gasteiger partial charge in [-0.25, -0.2) is 0 Å². The van der Waals surface area contributed by atoms with Crippen molar-refractivity contribution >= 4 is 15.9 Å². The van der Waals surface area contributed by atoms with Crippen molar-refractivity contribution in [1.29, 1.82) is 0 Å². The van der Waals surface area contributed by atoms with Crippen molar-refractivity contribution in [3.63, 3.8) is 0 Å². The molecule has 0 unspecified atom stereocenters. The van der Waals surface area contributed by atoms with Gasteiger partial charge in [0.05, 0.1) is 0 Å². The molecule has 0 aromatic rings. The van der Waals surface area contributed by atoms with E-state index in [1.54, 1.807) is 0 Å². The van der Waals surface area contributed by atoms with Gasteiger partial charge in [-0.3, -0.25) is 4.90 Å². The van der Waals surface area contributed by atoms with Crippen LogP contribution in [0.1, 0.15) is 13.8 Å². The van der Waals surface area contributed by atoms with Crippen molar-refractivity contribution < 1.29 is 0 Å². The van der Waals surface area contributed by atoms with E-state index in [1.165, 1.54) is 0 Å². The molecular weight excluding hydrogens is 216 g/mol. The van der Waals surface area contributed by atoms with Crippen LogP contribution in [0.2, 0.25) is 0 Å². The van der Waals surface area contributed by atoms with Crippen LogP contribution in [0.15, 0.2) is 11.1 Å². The van der Waals surface area contributed by atoms with Crippen LogP contribution in [0, 0.1) is 0 Å². The van der Waals surface area contributed by atoms with Gasteiger partial charge in [0.2, 0.25) is 0 Å². The molecule has 0 radical (unpaired) electrons. The Morgan fingerprint density at radius 3 is 2.83 bits per heavy atom. The van der Waals surface area contributed by atoms with Crippen LogP contribution in [0.4, 0.5) is 0 Å². The number of hydrogen-bond acceptors (Lipinski definition) is 2. The average Bonchev–Trinajstić information content (AvgIpc) is 1.82. The molecule has 2 nitrogen and oxygen atoms in total. The molecule has 1 rings (SSSR count). The van der Waals surface area contributed by atoms with Crippen molar-refractivity contribution in [2.75, 3.05) is 26.2 Å². The van der Waals surface area contributed by atoms with Crippen LogP contribution in [0.25, 0.3) is 0 Å². The Kier molecular flexibility index (Phi) is 3.32. The largest absolute Gasteiger partial charge is 0.309 e. The van der Waals surface area contributed by atoms with Crippen LogP contribution >= 0.6 is 15.9 Å². The Morgan fingerprint density at radius 1 is 1.67 bits per heavy atom. The zero-order chi connectivity index (χ0) is 9.19. The van der Waals surface area contributed by atoms with E-state index in [4.69, 9.17) is 0 Å². The first kappa shape index (κ1) is 10.2. The van der Waals surface area contributed by atoms with E-state index in [0.717, 1.165) is 30.7 Å². The SMILES string of the molecule is C=C(Br)CN1CCNC(C)(C)C1. The van der Waals surface area contributed by atoms with Gasteiger partial charge in [0.1, 0.15) is 0 Å². The van der Waals surface area contributed by atoms with Gasteiger partial charge < -0.3 is 5.32 Å². The molecule has 1 N–H and O–H groups in total. The number of nitrogens with one attached hydrogen (secondary N) is 1. The summed E-state index contributed by atoms with van der Waals surface area (Å²) in [5.74, 6) is 0. The fourth-order valence-electron chi connectivity index (χ4n) is 1.62. The number of rotatable bonds is 2. The Bertz CT molecular complexity index is 177. The van der Waals surface area contributed by atoms with Crippen molar-refractivity contribution in [2.24, 2.45) is 0 Å². The van der Waals surface area contributed by atoms with Crippen molar-refractivity contribution in [3.05, 3.63) is 11.1 Å². The lowest BCUT2D eigenvalue weighted by Crippen LogP contribution is -2.57. The highest BCUT2D eigenvalue weighted by Gasteiger charge is 2.25. The van der Waals surface area contributed by atoms with E-state index in [-0.39, 0.29) is 5.54 Å². The second-order valence-corrected chi connectivity index (χ2v) is 5.16. The van der Waals surface area contributed by atoms with Crippen molar-refractivity contribution in [2.45, 2.75) is 19.4 Å². The van der Waals surface area contributed by atoms with Gasteiger partial charge >= 0.3 is 0 Å². The molecule has 1 aliphatic heterocycles. The standard InChI is InChI=1S/C9H17BrN2/c1-8(10)6-12-5-4-11-9(2,3)7-12/h11H,1,4-7H2,2-3H3. The third-order valence-electron chi connectivity index (χ3n) is 2.05. The van der Waals surface area contributed by atoms with E-state index in [9.17, 15) is 0 Å². The monoisotopic (exact) mass is 232 g/mol. The highest BCUT2D eigenvalue weighted by Crippen LogP contribution is 2.12. The average molecular weight is 233 g/mol. The smallest absolute Gasteiger partial charge is 0.0295 e. The summed E-state index contributed by atoms with van der Waals surface area (Å²) in [5.41, 5.74) is 0.251. The molecule has 70 valence electrons. The highest BCUT2D eigenvalue weighted by atomic mass is 79.9. The molecule has 1 heterocycles. The fraction of sp³-hybridized carbons (Fsp3) is 0.778. The first-order chi connectivity index (χ1) is 5.49. The predicted octanol–water partition coefficient (Wildman–Crippen LogP) is 1.58. The third-order valence-corrected chi connectivity index (χ3v) is 2.30. The number of piperazine rings is 1. The molecule has 0 bridgehead atoms. The molecule has 0 aliphatic carbocycles. The topological polar surface area (TPSA) is 15.3 Å². The molecular formula is C9H17BrN2. The van der Waals surface area contributed by atoms with Gasteiger partial charge in [-0.05, 0) is 13.8 Å². The summed E-state index contributed by atoms with van der Waals surface area (Å²) in [6.45, 7) is 12.6. The lowest BCUT2D eigenvalue weighted by molar-refractivity contribution is 0.168. The van der Waals surface area contributed by atoms with E-state index in [2.05, 4.69) is 46.6 Å². The summed E-state index contributed by atoms with van der Waals surface area (Å²) in [6.07, 6.45) is 0. The normalized spacial score (nSPS) is 23.9. The Balaban J connectivity index is 2.41. The van der Waals surface area contributed by atoms with Gasteiger partial charge in [-0.15, -0.1) is 0 Å². The summed E-state index contributed by atoms with van der Waals surface area (Å²) in [5, 5.41) is 3.47. The summed E-state index contributed by atoms with van der Waals surface area (Å²) < 4.78 is 1.07. The Hall–Kier alpha value is 0.140. The molecule has 0 aromatic carbocycles. The summed E-state index contributed by atoms with van der Waals surface area (Å²) >= 11 is 3.39. The summed E-state index contributed by atoms with van der Waals surface area (Å²) in [6, 6.07) is 0. The lowest BCUT2D eigenvalue weighted by atomic mass is 10.0. The summed E-state index contributed by atoms with van der Waals surface area (Å²) in [4.78, 5) is 2.41. The maximum Gasteiger partial charge on any atom is 0.0295 e. The van der Waals surface area contributed by atoms with Crippen LogP contribution in [-0.2, 0) is 0 Å². The Morgan fingerprint density at radius 2 is 2.33 bits per heavy atom. The predicted molar refractivity (Wildman–Crippen MR) is 56.6 cm³/mol. The minimum atomic E-state index is 0.251. The molecule has 1 aliphatic rings. The third kappa shape index (κ3) is 3.25. The first-order valence-electron chi connectivity index (χ1n) is 4.30. The van der Waals surface area contributed by atoms with Gasteiger partial charge in [0.15, 0.2) is 0 Å². The van der Waals surface area contributed by atoms with Gasteiger partial charge in [-0.2, -0.15) is 0 Å². The second-order valence-electron chi connectivity index (χ2n) is 4.04. The quantitative estimate of drug-likeness (QED) is 0.779. The molecule has 1 saturated heterocycles. The summed E-state index contributed by atoms with van der Waals surface area (Å²) in [7, 11) is 0. The second kappa shape index (κ2) is 3.90. The van der Waals surface area contributed by atoms with Gasteiger partial charge in [-0.1, -0.05) is 22.5 Å². The van der Waals surface area contributed by atoms with E-state index >= 15 is 0 Å². The number of halogens is 1. The molecule has 3 heteroatoms. The number of nitrogens with zero attached hydrogens (tertiary/aromatic N) is 1. The van der Waals surface area contributed by atoms with Crippen LogP contribution in [0.3, 0.4) is 0 Å². The van der Waals surface area contributed by atoms with Gasteiger partial charge in [0.25, 0.3) is 0 Å². The number of hydrogen-bond donors (Lipinski definition) is 1. The molecule has 0 aromatic heterocycles. The molecule has 0 atom stereocenters. The fourth-order valence-corrected chi connectivity index (χ4v) is 1.98. The van der Waals surface area contributed by atoms with Crippen LogP contribution in [-0.4, -0.2) is 36.6 Å². The Labute approximate surface area is 83.1 Å². The van der Waals surface area contributed by atoms with Crippen molar-refractivity contribution in [3.8, 4) is 0 Å². The maximum atomic E-state index is 3.85. The molecule has 0 amide bonds. The highest BCUT2D eigenvalue weighted by molar-refractivity contribution is 9.11. The van der Waals surface area contributed by atoms with E-state index < -0.39 is 0 Å². The van der Waals surface area contributed by atoms with Crippen LogP contribution in [0.5, 0.6) is 0 Å².